The summed E-state index contributed by atoms with van der Waals surface area (Å²) in [5.41, 5.74) is 2.62. The number of nitrogens with one attached hydrogen (secondary N) is 1. The lowest BCUT2D eigenvalue weighted by molar-refractivity contribution is 0.124. The third-order valence-corrected chi connectivity index (χ3v) is 3.39. The van der Waals surface area contributed by atoms with E-state index in [1.54, 1.807) is 7.11 Å². The molecular weight excluding hydrogens is 250 g/mol. The molecule has 1 rings (SSSR count). The van der Waals surface area contributed by atoms with Gasteiger partial charge in [-0.2, -0.15) is 0 Å². The van der Waals surface area contributed by atoms with Crippen molar-refractivity contribution in [1.82, 2.24) is 5.32 Å². The van der Waals surface area contributed by atoms with Gasteiger partial charge in [0.15, 0.2) is 0 Å². The molecule has 0 aliphatic heterocycles. The van der Waals surface area contributed by atoms with Crippen LogP contribution in [0.5, 0.6) is 5.75 Å². The van der Waals surface area contributed by atoms with Crippen molar-refractivity contribution in [3.05, 3.63) is 29.3 Å². The first kappa shape index (κ1) is 17.0. The molecule has 114 valence electrons. The zero-order valence-corrected chi connectivity index (χ0v) is 13.4. The van der Waals surface area contributed by atoms with Crippen LogP contribution in [0.15, 0.2) is 18.2 Å². The first-order valence-electron chi connectivity index (χ1n) is 7.68. The molecule has 0 aromatic heterocycles. The lowest BCUT2D eigenvalue weighted by atomic mass is 9.98. The lowest BCUT2D eigenvalue weighted by Gasteiger charge is -2.21. The maximum absolute atomic E-state index is 5.63. The smallest absolute Gasteiger partial charge is 0.119 e. The first-order valence-corrected chi connectivity index (χ1v) is 7.68. The Labute approximate surface area is 123 Å². The van der Waals surface area contributed by atoms with Crippen LogP contribution < -0.4 is 10.1 Å². The molecule has 0 saturated carbocycles. The van der Waals surface area contributed by atoms with E-state index in [0.29, 0.717) is 6.04 Å². The summed E-state index contributed by atoms with van der Waals surface area (Å²) in [6.07, 6.45) is 3.23. The predicted molar refractivity (Wildman–Crippen MR) is 84.5 cm³/mol. The average molecular weight is 279 g/mol. The summed E-state index contributed by atoms with van der Waals surface area (Å²) in [6, 6.07) is 6.66. The van der Waals surface area contributed by atoms with E-state index in [1.807, 2.05) is 6.07 Å². The van der Waals surface area contributed by atoms with Gasteiger partial charge in [0.25, 0.3) is 0 Å². The van der Waals surface area contributed by atoms with Crippen molar-refractivity contribution in [1.29, 1.82) is 0 Å². The van der Waals surface area contributed by atoms with Crippen molar-refractivity contribution in [3.8, 4) is 5.75 Å². The molecule has 3 heteroatoms. The molecule has 0 fully saturated rings. The van der Waals surface area contributed by atoms with E-state index < -0.39 is 0 Å². The van der Waals surface area contributed by atoms with Crippen LogP contribution in [0.1, 0.15) is 50.3 Å². The molecular formula is C17H29NO2. The Morgan fingerprint density at radius 3 is 2.55 bits per heavy atom. The fourth-order valence-corrected chi connectivity index (χ4v) is 2.30. The van der Waals surface area contributed by atoms with E-state index in [4.69, 9.17) is 9.47 Å². The van der Waals surface area contributed by atoms with Crippen LogP contribution >= 0.6 is 0 Å². The van der Waals surface area contributed by atoms with Crippen LogP contribution in [0.2, 0.25) is 0 Å². The van der Waals surface area contributed by atoms with Crippen molar-refractivity contribution >= 4 is 0 Å². The minimum Gasteiger partial charge on any atom is -0.497 e. The van der Waals surface area contributed by atoms with Crippen molar-refractivity contribution in [2.24, 2.45) is 0 Å². The summed E-state index contributed by atoms with van der Waals surface area (Å²) in [6.45, 7) is 9.16. The molecule has 0 amide bonds. The maximum Gasteiger partial charge on any atom is 0.119 e. The minimum absolute atomic E-state index is 0.359. The summed E-state index contributed by atoms with van der Waals surface area (Å²) in [7, 11) is 1.71. The highest BCUT2D eigenvalue weighted by Crippen LogP contribution is 2.24. The van der Waals surface area contributed by atoms with Crippen LogP contribution in [-0.2, 0) is 4.74 Å². The molecule has 20 heavy (non-hydrogen) atoms. The maximum atomic E-state index is 5.63. The molecule has 1 unspecified atom stereocenters. The van der Waals surface area contributed by atoms with Gasteiger partial charge in [-0.1, -0.05) is 19.9 Å². The Bertz CT molecular complexity index is 379. The number of ether oxygens (including phenoxy) is 2. The van der Waals surface area contributed by atoms with Crippen molar-refractivity contribution in [2.75, 3.05) is 26.9 Å². The molecule has 0 aliphatic rings. The first-order chi connectivity index (χ1) is 9.72. The molecule has 0 heterocycles. The summed E-state index contributed by atoms with van der Waals surface area (Å²) >= 11 is 0. The number of aryl methyl sites for hydroxylation is 1. The van der Waals surface area contributed by atoms with Gasteiger partial charge in [-0.05, 0) is 56.0 Å². The van der Waals surface area contributed by atoms with Gasteiger partial charge in [-0.3, -0.25) is 0 Å². The second-order valence-corrected chi connectivity index (χ2v) is 5.13. The average Bonchev–Trinajstić information content (AvgIpc) is 2.47. The topological polar surface area (TPSA) is 30.5 Å². The van der Waals surface area contributed by atoms with Crippen LogP contribution in [0.25, 0.3) is 0 Å². The molecule has 0 bridgehead atoms. The van der Waals surface area contributed by atoms with Gasteiger partial charge < -0.3 is 14.8 Å². The fourth-order valence-electron chi connectivity index (χ4n) is 2.30. The second-order valence-electron chi connectivity index (χ2n) is 5.13. The zero-order chi connectivity index (χ0) is 14.8. The van der Waals surface area contributed by atoms with Gasteiger partial charge in [0.2, 0.25) is 0 Å². The molecule has 0 saturated heterocycles. The van der Waals surface area contributed by atoms with E-state index >= 15 is 0 Å². The molecule has 1 aromatic rings. The zero-order valence-electron chi connectivity index (χ0n) is 13.4. The summed E-state index contributed by atoms with van der Waals surface area (Å²) in [5.74, 6) is 0.919. The van der Waals surface area contributed by atoms with E-state index in [9.17, 15) is 0 Å². The summed E-state index contributed by atoms with van der Waals surface area (Å²) in [4.78, 5) is 0. The number of methoxy groups -OCH3 is 1. The molecule has 3 nitrogen and oxygen atoms in total. The largest absolute Gasteiger partial charge is 0.497 e. The number of hydrogen-bond acceptors (Lipinski definition) is 3. The minimum atomic E-state index is 0.359. The van der Waals surface area contributed by atoms with Crippen LogP contribution in [0.4, 0.5) is 0 Å². The quantitative estimate of drug-likeness (QED) is 0.660. The second kappa shape index (κ2) is 9.78. The number of benzene rings is 1. The molecule has 1 N–H and O–H groups in total. The summed E-state index contributed by atoms with van der Waals surface area (Å²) in [5, 5.41) is 3.62. The van der Waals surface area contributed by atoms with Gasteiger partial charge in [0.1, 0.15) is 5.75 Å². The van der Waals surface area contributed by atoms with E-state index in [2.05, 4.69) is 38.2 Å². The third-order valence-electron chi connectivity index (χ3n) is 3.39. The Balaban J connectivity index is 2.70. The molecule has 1 atom stereocenters. The van der Waals surface area contributed by atoms with Crippen molar-refractivity contribution in [3.63, 3.8) is 0 Å². The molecule has 0 radical (unpaired) electrons. The van der Waals surface area contributed by atoms with Gasteiger partial charge in [0.05, 0.1) is 7.11 Å². The van der Waals surface area contributed by atoms with E-state index in [0.717, 1.165) is 44.8 Å². The monoisotopic (exact) mass is 279 g/mol. The Kier molecular flexibility index (Phi) is 8.31. The van der Waals surface area contributed by atoms with E-state index in [1.165, 1.54) is 11.1 Å². The Morgan fingerprint density at radius 2 is 1.95 bits per heavy atom. The van der Waals surface area contributed by atoms with Crippen LogP contribution in [0, 0.1) is 6.92 Å². The third kappa shape index (κ3) is 5.51. The summed E-state index contributed by atoms with van der Waals surface area (Å²) < 4.78 is 10.9. The Morgan fingerprint density at radius 1 is 1.15 bits per heavy atom. The molecule has 1 aromatic carbocycles. The highest BCUT2D eigenvalue weighted by atomic mass is 16.5. The highest BCUT2D eigenvalue weighted by molar-refractivity contribution is 5.36. The lowest BCUT2D eigenvalue weighted by Crippen LogP contribution is -2.24. The van der Waals surface area contributed by atoms with Crippen LogP contribution in [0.3, 0.4) is 0 Å². The predicted octanol–water partition coefficient (Wildman–Crippen LogP) is 3.86. The highest BCUT2D eigenvalue weighted by Gasteiger charge is 2.13. The normalized spacial score (nSPS) is 12.4. The van der Waals surface area contributed by atoms with Gasteiger partial charge in [-0.25, -0.2) is 0 Å². The SMILES string of the molecule is CCCNC(CCOCCC)c1ccc(OC)cc1C. The van der Waals surface area contributed by atoms with Crippen molar-refractivity contribution < 1.29 is 9.47 Å². The Hall–Kier alpha value is -1.06. The van der Waals surface area contributed by atoms with Gasteiger partial charge >= 0.3 is 0 Å². The van der Waals surface area contributed by atoms with Gasteiger partial charge in [0, 0.05) is 19.3 Å². The number of hydrogen-bond donors (Lipinski definition) is 1. The van der Waals surface area contributed by atoms with Crippen LogP contribution in [-0.4, -0.2) is 26.9 Å². The molecule has 0 aliphatic carbocycles. The fraction of sp³-hybridized carbons (Fsp3) is 0.647. The number of rotatable bonds is 10. The van der Waals surface area contributed by atoms with E-state index in [-0.39, 0.29) is 0 Å². The standard InChI is InChI=1S/C17H29NO2/c1-5-10-18-17(9-12-20-11-6-2)16-8-7-15(19-4)13-14(16)3/h7-8,13,17-18H,5-6,9-12H2,1-4H3. The van der Waals surface area contributed by atoms with Crippen molar-refractivity contribution in [2.45, 2.75) is 46.1 Å². The molecule has 0 spiro atoms. The van der Waals surface area contributed by atoms with Gasteiger partial charge in [-0.15, -0.1) is 0 Å².